The van der Waals surface area contributed by atoms with Crippen molar-refractivity contribution in [2.45, 2.75) is 20.5 Å². The van der Waals surface area contributed by atoms with Gasteiger partial charge in [-0.3, -0.25) is 5.43 Å². The Morgan fingerprint density at radius 1 is 1.29 bits per heavy atom. The highest BCUT2D eigenvalue weighted by Crippen LogP contribution is 2.19. The maximum atomic E-state index is 5.63. The Kier molecular flexibility index (Phi) is 3.55. The number of aryl methyl sites for hydroxylation is 2. The average Bonchev–Trinajstić information content (AvgIpc) is 2.79. The first-order chi connectivity index (χ1) is 8.19. The first kappa shape index (κ1) is 11.8. The van der Waals surface area contributed by atoms with Crippen LogP contribution in [0, 0.1) is 13.8 Å². The van der Waals surface area contributed by atoms with Gasteiger partial charge in [-0.1, -0.05) is 17.4 Å². The maximum absolute atomic E-state index is 5.63. The summed E-state index contributed by atoms with van der Waals surface area (Å²) in [7, 11) is 0. The standard InChI is InChI=1S/C11H14N4OS/c1-7-3-4-9(5-8(7)2)16-6-10-14-15-11(13-12)17-10/h3-5H,6,12H2,1-2H3,(H,13,15). The van der Waals surface area contributed by atoms with E-state index in [2.05, 4.69) is 29.5 Å². The van der Waals surface area contributed by atoms with E-state index < -0.39 is 0 Å². The van der Waals surface area contributed by atoms with Crippen molar-refractivity contribution in [3.8, 4) is 5.75 Å². The summed E-state index contributed by atoms with van der Waals surface area (Å²) in [6, 6.07) is 6.00. The lowest BCUT2D eigenvalue weighted by Crippen LogP contribution is -2.05. The number of rotatable bonds is 4. The van der Waals surface area contributed by atoms with E-state index in [1.54, 1.807) is 0 Å². The van der Waals surface area contributed by atoms with E-state index in [0.717, 1.165) is 10.8 Å². The van der Waals surface area contributed by atoms with Crippen molar-refractivity contribution in [1.29, 1.82) is 0 Å². The molecule has 0 saturated carbocycles. The fourth-order valence-corrected chi connectivity index (χ4v) is 1.88. The molecule has 1 heterocycles. The van der Waals surface area contributed by atoms with E-state index in [1.165, 1.54) is 22.5 Å². The number of hydrogen-bond acceptors (Lipinski definition) is 6. The van der Waals surface area contributed by atoms with E-state index in [-0.39, 0.29) is 0 Å². The van der Waals surface area contributed by atoms with Crippen molar-refractivity contribution in [3.05, 3.63) is 34.3 Å². The molecular formula is C11H14N4OS. The van der Waals surface area contributed by atoms with Crippen LogP contribution in [-0.4, -0.2) is 10.2 Å². The molecule has 1 aromatic carbocycles. The average molecular weight is 250 g/mol. The Hall–Kier alpha value is -1.66. The van der Waals surface area contributed by atoms with Gasteiger partial charge in [0.15, 0.2) is 5.01 Å². The fourth-order valence-electron chi connectivity index (χ4n) is 1.32. The highest BCUT2D eigenvalue weighted by Gasteiger charge is 2.04. The largest absolute Gasteiger partial charge is 0.486 e. The van der Waals surface area contributed by atoms with Crippen molar-refractivity contribution in [2.75, 3.05) is 5.43 Å². The van der Waals surface area contributed by atoms with Crippen LogP contribution in [0.15, 0.2) is 18.2 Å². The smallest absolute Gasteiger partial charge is 0.219 e. The Morgan fingerprint density at radius 3 is 2.76 bits per heavy atom. The molecule has 6 heteroatoms. The predicted octanol–water partition coefficient (Wildman–Crippen LogP) is 2.02. The van der Waals surface area contributed by atoms with E-state index in [9.17, 15) is 0 Å². The van der Waals surface area contributed by atoms with Gasteiger partial charge in [0.25, 0.3) is 0 Å². The van der Waals surface area contributed by atoms with Crippen molar-refractivity contribution < 1.29 is 4.74 Å². The van der Waals surface area contributed by atoms with Gasteiger partial charge in [0, 0.05) is 0 Å². The van der Waals surface area contributed by atoms with Gasteiger partial charge in [0.05, 0.1) is 0 Å². The van der Waals surface area contributed by atoms with E-state index in [4.69, 9.17) is 10.6 Å². The summed E-state index contributed by atoms with van der Waals surface area (Å²) in [5, 5.41) is 9.15. The molecule has 0 atom stereocenters. The summed E-state index contributed by atoms with van der Waals surface area (Å²) in [4.78, 5) is 0. The minimum absolute atomic E-state index is 0.405. The number of nitrogen functional groups attached to an aromatic ring is 1. The van der Waals surface area contributed by atoms with Gasteiger partial charge in [-0.2, -0.15) is 0 Å². The number of anilines is 1. The van der Waals surface area contributed by atoms with Crippen LogP contribution in [0.1, 0.15) is 16.1 Å². The normalized spacial score (nSPS) is 10.3. The monoisotopic (exact) mass is 250 g/mol. The minimum atomic E-state index is 0.405. The maximum Gasteiger partial charge on any atom is 0.219 e. The van der Waals surface area contributed by atoms with Gasteiger partial charge in [-0.25, -0.2) is 5.84 Å². The third-order valence-electron chi connectivity index (χ3n) is 2.43. The molecule has 0 bridgehead atoms. The number of ether oxygens (including phenoxy) is 1. The molecule has 0 aliphatic carbocycles. The second-order valence-electron chi connectivity index (χ2n) is 3.68. The third kappa shape index (κ3) is 2.92. The molecule has 1 aromatic heterocycles. The molecule has 2 rings (SSSR count). The highest BCUT2D eigenvalue weighted by atomic mass is 32.1. The van der Waals surface area contributed by atoms with E-state index in [1.807, 2.05) is 18.2 Å². The Morgan fingerprint density at radius 2 is 2.12 bits per heavy atom. The Labute approximate surface area is 104 Å². The van der Waals surface area contributed by atoms with Crippen LogP contribution in [0.25, 0.3) is 0 Å². The molecule has 5 nitrogen and oxygen atoms in total. The molecule has 0 unspecified atom stereocenters. The summed E-state index contributed by atoms with van der Waals surface area (Å²) < 4.78 is 5.63. The van der Waals surface area contributed by atoms with Gasteiger partial charge in [0.2, 0.25) is 5.13 Å². The number of nitrogens with two attached hydrogens (primary N) is 1. The predicted molar refractivity (Wildman–Crippen MR) is 68.0 cm³/mol. The summed E-state index contributed by atoms with van der Waals surface area (Å²) >= 11 is 1.38. The molecule has 17 heavy (non-hydrogen) atoms. The van der Waals surface area contributed by atoms with Crippen LogP contribution in [-0.2, 0) is 6.61 Å². The van der Waals surface area contributed by atoms with Crippen molar-refractivity contribution in [2.24, 2.45) is 5.84 Å². The number of hydrogen-bond donors (Lipinski definition) is 2. The summed E-state index contributed by atoms with van der Waals surface area (Å²) in [6.45, 7) is 4.54. The number of aromatic nitrogens is 2. The minimum Gasteiger partial charge on any atom is -0.486 e. The van der Waals surface area contributed by atoms with Gasteiger partial charge in [-0.15, -0.1) is 10.2 Å². The van der Waals surface area contributed by atoms with Crippen molar-refractivity contribution in [1.82, 2.24) is 10.2 Å². The molecule has 0 radical (unpaired) electrons. The summed E-state index contributed by atoms with van der Waals surface area (Å²) in [6.07, 6.45) is 0. The Bertz CT molecular complexity index is 512. The SMILES string of the molecule is Cc1ccc(OCc2nnc(NN)s2)cc1C. The number of hydrazine groups is 1. The van der Waals surface area contributed by atoms with Crippen LogP contribution in [0.3, 0.4) is 0 Å². The van der Waals surface area contributed by atoms with Gasteiger partial charge < -0.3 is 4.74 Å². The molecule has 0 spiro atoms. The second-order valence-corrected chi connectivity index (χ2v) is 4.74. The van der Waals surface area contributed by atoms with Gasteiger partial charge >= 0.3 is 0 Å². The van der Waals surface area contributed by atoms with Crippen molar-refractivity contribution >= 4 is 16.5 Å². The zero-order valence-electron chi connectivity index (χ0n) is 9.73. The van der Waals surface area contributed by atoms with Crippen LogP contribution in [0.2, 0.25) is 0 Å². The molecule has 3 N–H and O–H groups in total. The zero-order valence-corrected chi connectivity index (χ0v) is 10.5. The molecule has 0 aliphatic heterocycles. The number of benzene rings is 1. The summed E-state index contributed by atoms with van der Waals surface area (Å²) in [5.41, 5.74) is 4.92. The zero-order chi connectivity index (χ0) is 12.3. The first-order valence-electron chi connectivity index (χ1n) is 5.18. The summed E-state index contributed by atoms with van der Waals surface area (Å²) in [5.74, 6) is 6.06. The highest BCUT2D eigenvalue weighted by molar-refractivity contribution is 7.15. The van der Waals surface area contributed by atoms with Crippen LogP contribution in [0.4, 0.5) is 5.13 Å². The van der Waals surface area contributed by atoms with E-state index >= 15 is 0 Å². The van der Waals surface area contributed by atoms with Crippen LogP contribution < -0.4 is 16.0 Å². The second kappa shape index (κ2) is 5.11. The molecule has 0 aliphatic rings. The van der Waals surface area contributed by atoms with E-state index in [0.29, 0.717) is 11.7 Å². The Balaban J connectivity index is 1.99. The lowest BCUT2D eigenvalue weighted by Gasteiger charge is -2.06. The van der Waals surface area contributed by atoms with Gasteiger partial charge in [-0.05, 0) is 37.1 Å². The van der Waals surface area contributed by atoms with Gasteiger partial charge in [0.1, 0.15) is 12.4 Å². The fraction of sp³-hybridized carbons (Fsp3) is 0.273. The molecule has 0 saturated heterocycles. The number of nitrogens with one attached hydrogen (secondary N) is 1. The molecule has 0 fully saturated rings. The quantitative estimate of drug-likeness (QED) is 0.641. The lowest BCUT2D eigenvalue weighted by molar-refractivity contribution is 0.304. The number of nitrogens with zero attached hydrogens (tertiary/aromatic N) is 2. The molecular weight excluding hydrogens is 236 g/mol. The molecule has 90 valence electrons. The molecule has 2 aromatic rings. The van der Waals surface area contributed by atoms with Crippen LogP contribution in [0.5, 0.6) is 5.75 Å². The lowest BCUT2D eigenvalue weighted by atomic mass is 10.1. The third-order valence-corrected chi connectivity index (χ3v) is 3.26. The van der Waals surface area contributed by atoms with Crippen molar-refractivity contribution in [3.63, 3.8) is 0 Å². The topological polar surface area (TPSA) is 73.1 Å². The molecule has 0 amide bonds. The van der Waals surface area contributed by atoms with Crippen LogP contribution >= 0.6 is 11.3 Å². The first-order valence-corrected chi connectivity index (χ1v) is 6.00.